The first-order valence-corrected chi connectivity index (χ1v) is 11.3. The van der Waals surface area contributed by atoms with E-state index in [9.17, 15) is 14.3 Å². The van der Waals surface area contributed by atoms with Crippen LogP contribution in [0.4, 0.5) is 4.39 Å². The molecule has 3 heterocycles. The standard InChI is InChI=1S/C26H25FN2O2/c27-19-13-17-9-12-28-10-4-11-29-22-14-18(26(30)31)7-8-20(22)23(16-5-2-1-3-6-16)25(29)21(15-19)24(17)28/h7-9,12-16H,1-6,10-11H2,(H,30,31). The Morgan fingerprint density at radius 2 is 1.84 bits per heavy atom. The van der Waals surface area contributed by atoms with Crippen LogP contribution < -0.4 is 0 Å². The fraction of sp³-hybridized carbons (Fsp3) is 0.346. The smallest absolute Gasteiger partial charge is 0.335 e. The van der Waals surface area contributed by atoms with Gasteiger partial charge in [0.05, 0.1) is 16.8 Å². The van der Waals surface area contributed by atoms with E-state index in [1.165, 1.54) is 24.8 Å². The molecular weight excluding hydrogens is 391 g/mol. The van der Waals surface area contributed by atoms with Crippen LogP contribution >= 0.6 is 0 Å². The predicted octanol–water partition coefficient (Wildman–Crippen LogP) is 6.55. The van der Waals surface area contributed by atoms with E-state index in [2.05, 4.69) is 15.3 Å². The van der Waals surface area contributed by atoms with Crippen molar-refractivity contribution in [3.63, 3.8) is 0 Å². The number of carboxylic acid groups (broad SMARTS) is 1. The number of halogens is 1. The monoisotopic (exact) mass is 416 g/mol. The van der Waals surface area contributed by atoms with Crippen molar-refractivity contribution < 1.29 is 14.3 Å². The number of fused-ring (bicyclic) bond motifs is 4. The van der Waals surface area contributed by atoms with Gasteiger partial charge < -0.3 is 14.2 Å². The number of aryl methyl sites for hydroxylation is 2. The summed E-state index contributed by atoms with van der Waals surface area (Å²) < 4.78 is 19.3. The quantitative estimate of drug-likeness (QED) is 0.403. The zero-order valence-electron chi connectivity index (χ0n) is 17.4. The third-order valence-electron chi connectivity index (χ3n) is 7.23. The van der Waals surface area contributed by atoms with Crippen molar-refractivity contribution in [1.29, 1.82) is 0 Å². The molecule has 4 nitrogen and oxygen atoms in total. The van der Waals surface area contributed by atoms with Crippen molar-refractivity contribution in [3.05, 3.63) is 59.5 Å². The molecular formula is C26H25FN2O2. The molecule has 4 aromatic rings. The summed E-state index contributed by atoms with van der Waals surface area (Å²) in [7, 11) is 0. The molecule has 2 aromatic carbocycles. The molecule has 5 heteroatoms. The second kappa shape index (κ2) is 6.98. The van der Waals surface area contributed by atoms with Crippen LogP contribution in [0.3, 0.4) is 0 Å². The first-order valence-electron chi connectivity index (χ1n) is 11.3. The highest BCUT2D eigenvalue weighted by molar-refractivity contribution is 6.02. The maximum absolute atomic E-state index is 14.7. The highest BCUT2D eigenvalue weighted by atomic mass is 19.1. The molecule has 0 spiro atoms. The largest absolute Gasteiger partial charge is 0.478 e. The molecule has 1 fully saturated rings. The van der Waals surface area contributed by atoms with Crippen LogP contribution in [0.1, 0.15) is 60.4 Å². The lowest BCUT2D eigenvalue weighted by molar-refractivity contribution is 0.0697. The Balaban J connectivity index is 1.75. The summed E-state index contributed by atoms with van der Waals surface area (Å²) in [5, 5.41) is 11.7. The second-order valence-corrected chi connectivity index (χ2v) is 9.04. The molecule has 1 N–H and O–H groups in total. The van der Waals surface area contributed by atoms with Gasteiger partial charge in [0.2, 0.25) is 0 Å². The van der Waals surface area contributed by atoms with E-state index in [0.29, 0.717) is 11.5 Å². The molecule has 1 saturated carbocycles. The molecule has 0 saturated heterocycles. The van der Waals surface area contributed by atoms with Crippen LogP contribution in [0.15, 0.2) is 42.6 Å². The highest BCUT2D eigenvalue weighted by Crippen LogP contribution is 2.46. The van der Waals surface area contributed by atoms with E-state index in [0.717, 1.165) is 65.4 Å². The minimum atomic E-state index is -0.912. The number of benzene rings is 2. The van der Waals surface area contributed by atoms with Gasteiger partial charge in [0.15, 0.2) is 0 Å². The van der Waals surface area contributed by atoms with Crippen LogP contribution in [0, 0.1) is 5.82 Å². The fourth-order valence-electron chi connectivity index (χ4n) is 5.92. The number of aromatic nitrogens is 2. The normalized spacial score (nSPS) is 16.9. The molecule has 0 radical (unpaired) electrons. The van der Waals surface area contributed by atoms with Gasteiger partial charge in [-0.2, -0.15) is 0 Å². The van der Waals surface area contributed by atoms with E-state index in [-0.39, 0.29) is 5.82 Å². The predicted molar refractivity (Wildman–Crippen MR) is 120 cm³/mol. The highest BCUT2D eigenvalue weighted by Gasteiger charge is 2.29. The zero-order valence-corrected chi connectivity index (χ0v) is 17.4. The molecule has 1 aliphatic heterocycles. The van der Waals surface area contributed by atoms with Crippen molar-refractivity contribution in [1.82, 2.24) is 9.13 Å². The van der Waals surface area contributed by atoms with Crippen LogP contribution in [0.5, 0.6) is 0 Å². The Morgan fingerprint density at radius 3 is 2.65 bits per heavy atom. The lowest BCUT2D eigenvalue weighted by Crippen LogP contribution is -2.11. The van der Waals surface area contributed by atoms with Crippen molar-refractivity contribution in [2.45, 2.75) is 57.5 Å². The molecule has 158 valence electrons. The van der Waals surface area contributed by atoms with Crippen LogP contribution in [-0.4, -0.2) is 20.2 Å². The Bertz CT molecular complexity index is 1340. The lowest BCUT2D eigenvalue weighted by Gasteiger charge is -2.25. The van der Waals surface area contributed by atoms with Crippen molar-refractivity contribution in [2.75, 3.05) is 0 Å². The summed E-state index contributed by atoms with van der Waals surface area (Å²) in [5.74, 6) is -0.715. The third kappa shape index (κ3) is 2.83. The second-order valence-electron chi connectivity index (χ2n) is 9.04. The molecule has 6 rings (SSSR count). The van der Waals surface area contributed by atoms with Crippen LogP contribution in [0.25, 0.3) is 33.1 Å². The molecule has 2 aliphatic rings. The summed E-state index contributed by atoms with van der Waals surface area (Å²) in [6.45, 7) is 1.65. The molecule has 0 unspecified atom stereocenters. The molecule has 0 bridgehead atoms. The number of hydrogen-bond donors (Lipinski definition) is 1. The maximum atomic E-state index is 14.7. The van der Waals surface area contributed by atoms with E-state index in [1.54, 1.807) is 18.2 Å². The first-order chi connectivity index (χ1) is 15.1. The van der Waals surface area contributed by atoms with Crippen molar-refractivity contribution in [2.24, 2.45) is 0 Å². The number of carboxylic acids is 1. The van der Waals surface area contributed by atoms with E-state index in [4.69, 9.17) is 0 Å². The Morgan fingerprint density at radius 1 is 1.00 bits per heavy atom. The summed E-state index contributed by atoms with van der Waals surface area (Å²) in [4.78, 5) is 11.7. The van der Waals surface area contributed by atoms with Gasteiger partial charge >= 0.3 is 5.97 Å². The van der Waals surface area contributed by atoms with Gasteiger partial charge in [-0.3, -0.25) is 0 Å². The SMILES string of the molecule is O=C(O)c1ccc2c(C3CCCCC3)c3n(c2c1)CCCn1ccc2cc(F)cc-3c21. The zero-order chi connectivity index (χ0) is 21.1. The Kier molecular flexibility index (Phi) is 4.20. The van der Waals surface area contributed by atoms with E-state index < -0.39 is 5.97 Å². The molecule has 2 aromatic heterocycles. The summed E-state index contributed by atoms with van der Waals surface area (Å²) >= 11 is 0. The van der Waals surface area contributed by atoms with Gasteiger partial charge in [-0.05, 0) is 61.1 Å². The number of nitrogens with zero attached hydrogens (tertiary/aromatic N) is 2. The van der Waals surface area contributed by atoms with Gasteiger partial charge in [0.25, 0.3) is 0 Å². The maximum Gasteiger partial charge on any atom is 0.335 e. The number of hydrogen-bond acceptors (Lipinski definition) is 1. The molecule has 1 aliphatic carbocycles. The van der Waals surface area contributed by atoms with Crippen LogP contribution in [-0.2, 0) is 13.1 Å². The van der Waals surface area contributed by atoms with E-state index >= 15 is 0 Å². The average molecular weight is 416 g/mol. The van der Waals surface area contributed by atoms with Gasteiger partial charge in [-0.15, -0.1) is 0 Å². The van der Waals surface area contributed by atoms with E-state index in [1.807, 2.05) is 18.2 Å². The number of carbonyl (C=O) groups is 1. The Hall–Kier alpha value is -3.08. The van der Waals surface area contributed by atoms with Gasteiger partial charge in [-0.1, -0.05) is 25.3 Å². The summed E-state index contributed by atoms with van der Waals surface area (Å²) in [6, 6.07) is 10.8. The summed E-state index contributed by atoms with van der Waals surface area (Å²) in [6.07, 6.45) is 8.95. The van der Waals surface area contributed by atoms with Gasteiger partial charge in [0, 0.05) is 41.1 Å². The Labute approximate surface area is 179 Å². The minimum Gasteiger partial charge on any atom is -0.478 e. The van der Waals surface area contributed by atoms with Crippen molar-refractivity contribution >= 4 is 27.8 Å². The van der Waals surface area contributed by atoms with Crippen LogP contribution in [0.2, 0.25) is 0 Å². The van der Waals surface area contributed by atoms with Gasteiger partial charge in [0.1, 0.15) is 5.82 Å². The lowest BCUT2D eigenvalue weighted by atomic mass is 9.81. The topological polar surface area (TPSA) is 47.2 Å². The minimum absolute atomic E-state index is 0.224. The number of rotatable bonds is 2. The summed E-state index contributed by atoms with van der Waals surface area (Å²) in [5.41, 5.74) is 5.67. The molecule has 0 amide bonds. The first kappa shape index (κ1) is 18.7. The third-order valence-corrected chi connectivity index (χ3v) is 7.23. The average Bonchev–Trinajstić information content (AvgIpc) is 3.31. The molecule has 0 atom stereocenters. The van der Waals surface area contributed by atoms with Gasteiger partial charge in [-0.25, -0.2) is 9.18 Å². The number of aromatic carboxylic acids is 1. The fourth-order valence-corrected chi connectivity index (χ4v) is 5.92. The molecule has 31 heavy (non-hydrogen) atoms. The van der Waals surface area contributed by atoms with Crippen molar-refractivity contribution in [3.8, 4) is 11.3 Å².